The van der Waals surface area contributed by atoms with Gasteiger partial charge in [-0.25, -0.2) is 0 Å². The summed E-state index contributed by atoms with van der Waals surface area (Å²) in [5.74, 6) is 0.0747. The molecule has 10 heteroatoms. The second-order valence-electron chi connectivity index (χ2n) is 16.1. The van der Waals surface area contributed by atoms with Crippen LogP contribution in [-0.2, 0) is 39.4 Å². The minimum atomic E-state index is -2.50. The van der Waals surface area contributed by atoms with Gasteiger partial charge < -0.3 is 29.7 Å². The van der Waals surface area contributed by atoms with Crippen molar-refractivity contribution in [1.82, 2.24) is 4.90 Å². The number of carbonyl (C=O) groups excluding carboxylic acids is 3. The molecule has 292 valence electrons. The van der Waals surface area contributed by atoms with E-state index in [1.165, 1.54) is 5.19 Å². The summed E-state index contributed by atoms with van der Waals surface area (Å²) in [5, 5.41) is 14.6. The maximum atomic E-state index is 15.2. The van der Waals surface area contributed by atoms with Crippen molar-refractivity contribution in [2.75, 3.05) is 23.9 Å². The molecule has 2 N–H and O–H groups in total. The van der Waals surface area contributed by atoms with E-state index >= 15 is 4.79 Å². The third-order valence-corrected chi connectivity index (χ3v) is 17.0. The molecular weight excluding hydrogens is 731 g/mol. The quantitative estimate of drug-likeness (QED) is 0.147. The first-order valence-corrected chi connectivity index (χ1v) is 22.8. The Balaban J connectivity index is 1.12. The number of para-hydroxylation sites is 1. The summed E-state index contributed by atoms with van der Waals surface area (Å²) >= 11 is 0. The van der Waals surface area contributed by atoms with Gasteiger partial charge in [0.25, 0.3) is 11.8 Å². The van der Waals surface area contributed by atoms with Gasteiger partial charge in [-0.1, -0.05) is 110 Å². The number of nitrogens with zero attached hydrogens (tertiary/aromatic N) is 2. The highest BCUT2D eigenvalue weighted by Crippen LogP contribution is 2.60. The van der Waals surface area contributed by atoms with Crippen LogP contribution in [0.25, 0.3) is 0 Å². The molecule has 0 bridgehead atoms. The first kappa shape index (κ1) is 38.3. The number of carbonyl (C=O) groups is 3. The van der Waals surface area contributed by atoms with Crippen molar-refractivity contribution in [2.45, 2.75) is 69.2 Å². The molecule has 5 aromatic rings. The fourth-order valence-corrected chi connectivity index (χ4v) is 13.6. The molecule has 1 saturated heterocycles. The summed E-state index contributed by atoms with van der Waals surface area (Å²) in [6.07, 6.45) is 0.117. The van der Waals surface area contributed by atoms with E-state index in [0.717, 1.165) is 33.7 Å². The van der Waals surface area contributed by atoms with E-state index in [4.69, 9.17) is 9.47 Å². The predicted molar refractivity (Wildman–Crippen MR) is 224 cm³/mol. The number of benzene rings is 5. The summed E-state index contributed by atoms with van der Waals surface area (Å²) in [4.78, 5) is 46.2. The molecule has 1 fully saturated rings. The molecule has 5 aromatic carbocycles. The molecule has 0 aliphatic carbocycles. The van der Waals surface area contributed by atoms with Crippen molar-refractivity contribution >= 4 is 42.4 Å². The van der Waals surface area contributed by atoms with E-state index in [1.54, 1.807) is 19.2 Å². The summed E-state index contributed by atoms with van der Waals surface area (Å²) in [6, 6.07) is 40.5. The van der Waals surface area contributed by atoms with Gasteiger partial charge in [-0.05, 0) is 71.1 Å². The van der Waals surface area contributed by atoms with Gasteiger partial charge in [0, 0.05) is 29.3 Å². The minimum Gasteiger partial charge on any atom is -0.497 e. The second-order valence-corrected chi connectivity index (χ2v) is 20.8. The standard InChI is InChI=1S/C47H49N3O6Si/c1-31-44(57(3,4)39-24-22-38(55-2)23-25-39)42(27-43(52)49-29-35-15-9-8-14-34(35)26-37(49)30-51)56-47(31)40-16-10-11-17-41(40)50(46(47)54)28-32-18-20-36(21-19-32)48-45(53)33-12-6-5-7-13-33/h5-25,31,37,42,44,51H,26-30H2,1-4H3,(H,48,53)/t31-,37-,42+,44-,47+/m0/s1. The van der Waals surface area contributed by atoms with Gasteiger partial charge >= 0.3 is 0 Å². The Morgan fingerprint density at radius 1 is 0.877 bits per heavy atom. The van der Waals surface area contributed by atoms with Crippen molar-refractivity contribution in [3.63, 3.8) is 0 Å². The number of anilines is 2. The van der Waals surface area contributed by atoms with Crippen LogP contribution in [0.1, 0.15) is 46.0 Å². The molecule has 57 heavy (non-hydrogen) atoms. The Morgan fingerprint density at radius 2 is 1.54 bits per heavy atom. The smallest absolute Gasteiger partial charge is 0.264 e. The lowest BCUT2D eigenvalue weighted by molar-refractivity contribution is -0.151. The number of hydrogen-bond donors (Lipinski definition) is 2. The largest absolute Gasteiger partial charge is 0.497 e. The predicted octanol–water partition coefficient (Wildman–Crippen LogP) is 7.05. The topological polar surface area (TPSA) is 108 Å². The fraction of sp³-hybridized carbons (Fsp3) is 0.298. The normalized spacial score (nSPS) is 22.6. The summed E-state index contributed by atoms with van der Waals surface area (Å²) in [6.45, 7) is 7.34. The highest BCUT2D eigenvalue weighted by Gasteiger charge is 2.66. The van der Waals surface area contributed by atoms with E-state index < -0.39 is 19.8 Å². The van der Waals surface area contributed by atoms with Gasteiger partial charge in [0.2, 0.25) is 5.91 Å². The van der Waals surface area contributed by atoms with Crippen LogP contribution in [0.4, 0.5) is 11.4 Å². The Bertz CT molecular complexity index is 2280. The number of aliphatic hydroxyl groups is 1. The Labute approximate surface area is 335 Å². The van der Waals surface area contributed by atoms with Crippen molar-refractivity contribution in [3.05, 3.63) is 155 Å². The van der Waals surface area contributed by atoms with Gasteiger partial charge in [0.15, 0.2) is 5.60 Å². The number of aliphatic hydroxyl groups excluding tert-OH is 1. The Hall–Kier alpha value is -5.55. The highest BCUT2D eigenvalue weighted by atomic mass is 28.3. The lowest BCUT2D eigenvalue weighted by Gasteiger charge is -2.39. The van der Waals surface area contributed by atoms with Crippen LogP contribution in [0.2, 0.25) is 18.6 Å². The van der Waals surface area contributed by atoms with Crippen LogP contribution in [0.3, 0.4) is 0 Å². The molecule has 3 aliphatic rings. The molecule has 3 amide bonds. The number of methoxy groups -OCH3 is 1. The molecule has 0 radical (unpaired) electrons. The minimum absolute atomic E-state index is 0.0858. The van der Waals surface area contributed by atoms with E-state index in [-0.39, 0.29) is 48.3 Å². The first-order valence-electron chi connectivity index (χ1n) is 19.7. The third kappa shape index (κ3) is 6.85. The molecule has 1 spiro atoms. The molecule has 8 rings (SSSR count). The molecule has 3 heterocycles. The number of fused-ring (bicyclic) bond motifs is 3. The summed E-state index contributed by atoms with van der Waals surface area (Å²) in [7, 11) is -0.844. The molecule has 5 atom stereocenters. The van der Waals surface area contributed by atoms with Crippen LogP contribution in [0.15, 0.2) is 127 Å². The van der Waals surface area contributed by atoms with Gasteiger partial charge in [0.05, 0.1) is 52.6 Å². The second kappa shape index (κ2) is 15.4. The van der Waals surface area contributed by atoms with Crippen LogP contribution in [0, 0.1) is 5.92 Å². The first-order chi connectivity index (χ1) is 27.5. The number of rotatable bonds is 10. The summed E-state index contributed by atoms with van der Waals surface area (Å²) in [5.41, 5.74) is 4.54. The fourth-order valence-electron chi connectivity index (χ4n) is 9.63. The van der Waals surface area contributed by atoms with E-state index in [2.05, 4.69) is 43.5 Å². The SMILES string of the molecule is COc1ccc([Si](C)(C)[C@@H]2[C@@H](CC(=O)N3Cc4ccccc4C[C@H]3CO)O[C@]3(C(=O)N(Cc4ccc(NC(=O)c5ccccc5)cc4)c4ccccc43)[C@H]2C)cc1. The van der Waals surface area contributed by atoms with Crippen LogP contribution in [0.5, 0.6) is 5.75 Å². The van der Waals surface area contributed by atoms with Gasteiger partial charge in [-0.2, -0.15) is 0 Å². The maximum Gasteiger partial charge on any atom is 0.264 e. The maximum absolute atomic E-state index is 15.2. The lowest BCUT2D eigenvalue weighted by atomic mass is 9.82. The zero-order chi connectivity index (χ0) is 39.9. The van der Waals surface area contributed by atoms with E-state index in [9.17, 15) is 14.7 Å². The lowest BCUT2D eigenvalue weighted by Crippen LogP contribution is -2.52. The summed E-state index contributed by atoms with van der Waals surface area (Å²) < 4.78 is 12.8. The molecule has 0 aromatic heterocycles. The van der Waals surface area contributed by atoms with Crippen molar-refractivity contribution in [3.8, 4) is 5.75 Å². The highest BCUT2D eigenvalue weighted by molar-refractivity contribution is 6.91. The monoisotopic (exact) mass is 779 g/mol. The van der Waals surface area contributed by atoms with E-state index in [0.29, 0.717) is 30.8 Å². The van der Waals surface area contributed by atoms with Crippen LogP contribution < -0.4 is 20.1 Å². The molecule has 3 aliphatic heterocycles. The zero-order valence-corrected chi connectivity index (χ0v) is 33.9. The molecule has 0 saturated carbocycles. The van der Waals surface area contributed by atoms with E-state index in [1.807, 2.05) is 107 Å². The van der Waals surface area contributed by atoms with Crippen LogP contribution >= 0.6 is 0 Å². The van der Waals surface area contributed by atoms with Gasteiger partial charge in [0.1, 0.15) is 5.75 Å². The number of hydrogen-bond acceptors (Lipinski definition) is 6. The van der Waals surface area contributed by atoms with Crippen LogP contribution in [-0.4, -0.2) is 61.7 Å². The number of nitrogens with one attached hydrogen (secondary N) is 1. The Kier molecular flexibility index (Phi) is 10.4. The van der Waals surface area contributed by atoms with Crippen molar-refractivity contribution < 1.29 is 29.0 Å². The average Bonchev–Trinajstić information content (AvgIpc) is 3.67. The zero-order valence-electron chi connectivity index (χ0n) is 32.9. The Morgan fingerprint density at radius 3 is 2.25 bits per heavy atom. The van der Waals surface area contributed by atoms with Crippen molar-refractivity contribution in [2.24, 2.45) is 5.92 Å². The number of amides is 3. The average molecular weight is 780 g/mol. The molecular formula is C47H49N3O6Si. The molecule has 9 nitrogen and oxygen atoms in total. The molecule has 0 unspecified atom stereocenters. The van der Waals surface area contributed by atoms with Gasteiger partial charge in [-0.15, -0.1) is 0 Å². The van der Waals surface area contributed by atoms with Gasteiger partial charge in [-0.3, -0.25) is 14.4 Å². The number of ether oxygens (including phenoxy) is 2. The third-order valence-electron chi connectivity index (χ3n) is 12.6. The van der Waals surface area contributed by atoms with Crippen molar-refractivity contribution in [1.29, 1.82) is 0 Å².